The van der Waals surface area contributed by atoms with Gasteiger partial charge in [-0.1, -0.05) is 79.7 Å². The number of nitrogens with one attached hydrogen (secondary N) is 3. The van der Waals surface area contributed by atoms with Crippen LogP contribution in [0.3, 0.4) is 0 Å². The molecule has 0 radical (unpaired) electrons. The number of carbonyl (C=O) groups excluding carboxylic acids is 3. The number of benzene rings is 2. The molecule has 11 nitrogen and oxygen atoms in total. The molecule has 0 aliphatic heterocycles. The van der Waals surface area contributed by atoms with Gasteiger partial charge in [-0.3, -0.25) is 14.4 Å². The molecule has 3 aromatic rings. The maximum Gasteiger partial charge on any atom is 0.326 e. The van der Waals surface area contributed by atoms with Crippen LogP contribution in [0.4, 0.5) is 0 Å². The minimum atomic E-state index is -1.19. The van der Waals surface area contributed by atoms with Crippen molar-refractivity contribution < 1.29 is 33.9 Å². The topological polar surface area (TPSA) is 171 Å². The average Bonchev–Trinajstić information content (AvgIpc) is 3.42. The zero-order chi connectivity index (χ0) is 30.5. The third-order valence-electron chi connectivity index (χ3n) is 6.56. The summed E-state index contributed by atoms with van der Waals surface area (Å²) in [5.74, 6) is -2.64. The van der Waals surface area contributed by atoms with Crippen molar-refractivity contribution in [2.75, 3.05) is 0 Å². The van der Waals surface area contributed by atoms with E-state index in [0.29, 0.717) is 12.1 Å². The monoisotopic (exact) mass is 578 g/mol. The second-order valence-electron chi connectivity index (χ2n) is 10.5. The number of rotatable bonds is 16. The minimum Gasteiger partial charge on any atom is -0.480 e. The van der Waals surface area contributed by atoms with Crippen molar-refractivity contribution in [3.05, 3.63) is 89.3 Å². The molecule has 0 aliphatic rings. The van der Waals surface area contributed by atoms with Gasteiger partial charge in [0.05, 0.1) is 12.1 Å². The fourth-order valence-corrected chi connectivity index (χ4v) is 4.45. The Morgan fingerprint density at radius 3 is 2.00 bits per heavy atom. The standard InChI is InChI=1S/C31H38N4O7/c1-20(2)15-26(30(39)34-27(31(40)41)16-22-11-7-4-8-12-22)33-29(38)25(14-13-21-9-5-3-6-10-21)32-28(37)18-23-17-24(19-36)42-35-23/h3-12,17,20,25-27,36H,13-16,18-19H2,1-2H3,(H,32,37)(H,33,38)(H,34,39)(H,40,41)/t25-,26-,27-/m0/s1. The summed E-state index contributed by atoms with van der Waals surface area (Å²) < 4.78 is 4.93. The Morgan fingerprint density at radius 2 is 1.43 bits per heavy atom. The molecule has 0 saturated heterocycles. The molecule has 0 saturated carbocycles. The number of aryl methyl sites for hydroxylation is 1. The van der Waals surface area contributed by atoms with Crippen molar-refractivity contribution >= 4 is 23.7 Å². The zero-order valence-electron chi connectivity index (χ0n) is 23.8. The second-order valence-corrected chi connectivity index (χ2v) is 10.5. The van der Waals surface area contributed by atoms with Gasteiger partial charge in [0.1, 0.15) is 24.7 Å². The van der Waals surface area contributed by atoms with Gasteiger partial charge >= 0.3 is 5.97 Å². The van der Waals surface area contributed by atoms with E-state index in [1.165, 1.54) is 6.07 Å². The number of nitrogens with zero attached hydrogens (tertiary/aromatic N) is 1. The molecule has 0 unspecified atom stereocenters. The van der Waals surface area contributed by atoms with Gasteiger partial charge in [-0.2, -0.15) is 0 Å². The van der Waals surface area contributed by atoms with Gasteiger partial charge in [0.2, 0.25) is 17.7 Å². The molecule has 1 heterocycles. The van der Waals surface area contributed by atoms with Crippen LogP contribution in [0.5, 0.6) is 0 Å². The highest BCUT2D eigenvalue weighted by Gasteiger charge is 2.30. The van der Waals surface area contributed by atoms with Crippen LogP contribution in [0, 0.1) is 5.92 Å². The van der Waals surface area contributed by atoms with Crippen molar-refractivity contribution in [3.63, 3.8) is 0 Å². The highest BCUT2D eigenvalue weighted by atomic mass is 16.5. The molecular weight excluding hydrogens is 540 g/mol. The highest BCUT2D eigenvalue weighted by Crippen LogP contribution is 2.11. The summed E-state index contributed by atoms with van der Waals surface area (Å²) in [4.78, 5) is 51.6. The number of aliphatic hydroxyl groups is 1. The van der Waals surface area contributed by atoms with Gasteiger partial charge in [-0.15, -0.1) is 0 Å². The van der Waals surface area contributed by atoms with Crippen LogP contribution >= 0.6 is 0 Å². The van der Waals surface area contributed by atoms with Gasteiger partial charge in [0.15, 0.2) is 5.76 Å². The lowest BCUT2D eigenvalue weighted by molar-refractivity contribution is -0.142. The lowest BCUT2D eigenvalue weighted by Crippen LogP contribution is -2.56. The van der Waals surface area contributed by atoms with Crippen molar-refractivity contribution in [1.82, 2.24) is 21.1 Å². The summed E-state index contributed by atoms with van der Waals surface area (Å²) in [7, 11) is 0. The van der Waals surface area contributed by atoms with Gasteiger partial charge in [0, 0.05) is 12.5 Å². The number of hydrogen-bond donors (Lipinski definition) is 5. The largest absolute Gasteiger partial charge is 0.480 e. The van der Waals surface area contributed by atoms with E-state index >= 15 is 0 Å². The third-order valence-corrected chi connectivity index (χ3v) is 6.56. The van der Waals surface area contributed by atoms with Crippen LogP contribution in [0.1, 0.15) is 49.3 Å². The van der Waals surface area contributed by atoms with E-state index in [1.807, 2.05) is 50.2 Å². The summed E-state index contributed by atoms with van der Waals surface area (Å²) in [6.45, 7) is 3.42. The van der Waals surface area contributed by atoms with Crippen LogP contribution in [-0.2, 0) is 45.0 Å². The van der Waals surface area contributed by atoms with Gasteiger partial charge in [-0.25, -0.2) is 4.79 Å². The molecule has 11 heteroatoms. The molecule has 1 aromatic heterocycles. The average molecular weight is 579 g/mol. The van der Waals surface area contributed by atoms with Crippen LogP contribution in [0.2, 0.25) is 0 Å². The van der Waals surface area contributed by atoms with E-state index in [9.17, 15) is 29.4 Å². The lowest BCUT2D eigenvalue weighted by Gasteiger charge is -2.25. The van der Waals surface area contributed by atoms with Crippen molar-refractivity contribution in [2.45, 2.75) is 70.7 Å². The lowest BCUT2D eigenvalue weighted by atomic mass is 10.00. The smallest absolute Gasteiger partial charge is 0.326 e. The van der Waals surface area contributed by atoms with Gasteiger partial charge in [-0.05, 0) is 36.3 Å². The molecular formula is C31H38N4O7. The quantitative estimate of drug-likeness (QED) is 0.172. The van der Waals surface area contributed by atoms with Crippen LogP contribution < -0.4 is 16.0 Å². The Hall–Kier alpha value is -4.51. The second kappa shape index (κ2) is 16.1. The van der Waals surface area contributed by atoms with E-state index < -0.39 is 41.8 Å². The molecule has 42 heavy (non-hydrogen) atoms. The van der Waals surface area contributed by atoms with E-state index in [0.717, 1.165) is 11.1 Å². The normalized spacial score (nSPS) is 13.1. The number of hydrogen-bond acceptors (Lipinski definition) is 7. The summed E-state index contributed by atoms with van der Waals surface area (Å²) >= 11 is 0. The molecule has 3 rings (SSSR count). The maximum atomic E-state index is 13.5. The molecule has 3 amide bonds. The first-order chi connectivity index (χ1) is 20.1. The Labute approximate surface area is 244 Å². The molecule has 5 N–H and O–H groups in total. The van der Waals surface area contributed by atoms with Crippen molar-refractivity contribution in [2.24, 2.45) is 5.92 Å². The fourth-order valence-electron chi connectivity index (χ4n) is 4.45. The predicted octanol–water partition coefficient (Wildman–Crippen LogP) is 2.17. The van der Waals surface area contributed by atoms with E-state index in [2.05, 4.69) is 21.1 Å². The predicted molar refractivity (Wildman–Crippen MR) is 154 cm³/mol. The molecule has 0 fully saturated rings. The van der Waals surface area contributed by atoms with E-state index in [1.54, 1.807) is 24.3 Å². The van der Waals surface area contributed by atoms with Crippen molar-refractivity contribution in [1.29, 1.82) is 0 Å². The molecule has 0 aliphatic carbocycles. The molecule has 0 spiro atoms. The Bertz CT molecular complexity index is 1310. The minimum absolute atomic E-state index is 0.00342. The van der Waals surface area contributed by atoms with E-state index in [-0.39, 0.29) is 44.0 Å². The van der Waals surface area contributed by atoms with Crippen LogP contribution in [0.15, 0.2) is 71.3 Å². The molecule has 0 bridgehead atoms. The Balaban J connectivity index is 1.73. The molecule has 2 aromatic carbocycles. The first-order valence-electron chi connectivity index (χ1n) is 13.9. The SMILES string of the molecule is CC(C)C[C@H](NC(=O)[C@H](CCc1ccccc1)NC(=O)Cc1cc(CO)on1)C(=O)N[C@@H](Cc1ccccc1)C(=O)O. The van der Waals surface area contributed by atoms with E-state index in [4.69, 9.17) is 4.52 Å². The number of aliphatic carboxylic acids is 1. The first-order valence-corrected chi connectivity index (χ1v) is 13.9. The number of carboxylic acid groups (broad SMARTS) is 1. The Kier molecular flexibility index (Phi) is 12.2. The number of carbonyl (C=O) groups is 4. The summed E-state index contributed by atoms with van der Waals surface area (Å²) in [5, 5.41) is 30.7. The Morgan fingerprint density at radius 1 is 0.833 bits per heavy atom. The number of amides is 3. The van der Waals surface area contributed by atoms with Gasteiger partial charge in [0.25, 0.3) is 0 Å². The van der Waals surface area contributed by atoms with Gasteiger partial charge < -0.3 is 30.7 Å². The zero-order valence-corrected chi connectivity index (χ0v) is 23.8. The fraction of sp³-hybridized carbons (Fsp3) is 0.387. The first kappa shape index (κ1) is 32.0. The third kappa shape index (κ3) is 10.5. The number of carboxylic acids is 1. The molecule has 224 valence electrons. The summed E-state index contributed by atoms with van der Waals surface area (Å²) in [6, 6.07) is 16.7. The number of aliphatic hydroxyl groups excluding tert-OH is 1. The van der Waals surface area contributed by atoms with Crippen LogP contribution in [0.25, 0.3) is 0 Å². The summed E-state index contributed by atoms with van der Waals surface area (Å²) in [6.07, 6.45) is 0.910. The molecule has 3 atom stereocenters. The maximum absolute atomic E-state index is 13.5. The summed E-state index contributed by atoms with van der Waals surface area (Å²) in [5.41, 5.74) is 2.01. The van der Waals surface area contributed by atoms with Crippen LogP contribution in [-0.4, -0.2) is 57.2 Å². The highest BCUT2D eigenvalue weighted by molar-refractivity contribution is 5.93. The number of aromatic nitrogens is 1. The van der Waals surface area contributed by atoms with Crippen molar-refractivity contribution in [3.8, 4) is 0 Å².